The van der Waals surface area contributed by atoms with Gasteiger partial charge in [-0.15, -0.1) is 0 Å². The Morgan fingerprint density at radius 2 is 2.00 bits per heavy atom. The quantitative estimate of drug-likeness (QED) is 0.627. The second kappa shape index (κ2) is 7.44. The first-order valence-electron chi connectivity index (χ1n) is 6.11. The first-order valence-corrected chi connectivity index (χ1v) is 6.11. The van der Waals surface area contributed by atoms with Gasteiger partial charge < -0.3 is 20.8 Å². The third kappa shape index (κ3) is 4.85. The van der Waals surface area contributed by atoms with E-state index >= 15 is 0 Å². The molecule has 2 atom stereocenters. The average Bonchev–Trinajstić information content (AvgIpc) is 2.38. The molecule has 0 aromatic heterocycles. The molecule has 1 rings (SSSR count). The normalized spacial score (nSPS) is 13.3. The van der Waals surface area contributed by atoms with E-state index < -0.39 is 30.0 Å². The number of carboxylic acids is 1. The number of nitrogens with one attached hydrogen (secondary N) is 2. The Morgan fingerprint density at radius 1 is 1.35 bits per heavy atom. The molecule has 1 unspecified atom stereocenters. The third-order valence-corrected chi connectivity index (χ3v) is 2.71. The summed E-state index contributed by atoms with van der Waals surface area (Å²) in [5.41, 5.74) is 0.355. The van der Waals surface area contributed by atoms with E-state index in [0.29, 0.717) is 5.56 Å². The molecule has 0 heterocycles. The van der Waals surface area contributed by atoms with Crippen LogP contribution in [-0.2, 0) is 4.79 Å². The van der Waals surface area contributed by atoms with Crippen LogP contribution in [0.3, 0.4) is 0 Å². The number of hydrogen-bond donors (Lipinski definition) is 4. The molecule has 4 N–H and O–H groups in total. The van der Waals surface area contributed by atoms with Gasteiger partial charge in [-0.2, -0.15) is 0 Å². The van der Waals surface area contributed by atoms with Gasteiger partial charge in [0.05, 0.1) is 6.04 Å². The highest BCUT2D eigenvalue weighted by atomic mass is 19.1. The number of carbonyl (C=O) groups excluding carboxylic acids is 1. The van der Waals surface area contributed by atoms with Crippen molar-refractivity contribution in [2.45, 2.75) is 25.5 Å². The van der Waals surface area contributed by atoms with E-state index in [-0.39, 0.29) is 13.0 Å². The van der Waals surface area contributed by atoms with Gasteiger partial charge in [0, 0.05) is 18.5 Å². The number of carboxylic acid groups (broad SMARTS) is 1. The lowest BCUT2D eigenvalue weighted by atomic mass is 10.1. The van der Waals surface area contributed by atoms with Crippen LogP contribution in [0.1, 0.15) is 24.9 Å². The second-order valence-electron chi connectivity index (χ2n) is 4.29. The SMILES string of the molecule is CC(NC(=O)NCC[C@H](O)C(=O)O)c1ccccc1F. The molecule has 0 radical (unpaired) electrons. The third-order valence-electron chi connectivity index (χ3n) is 2.71. The van der Waals surface area contributed by atoms with Crippen LogP contribution in [0.5, 0.6) is 0 Å². The summed E-state index contributed by atoms with van der Waals surface area (Å²) in [6.45, 7) is 1.63. The summed E-state index contributed by atoms with van der Waals surface area (Å²) in [4.78, 5) is 21.9. The molecule has 0 fully saturated rings. The standard InChI is InChI=1S/C13H17FN2O4/c1-8(9-4-2-3-5-10(9)14)16-13(20)15-7-6-11(17)12(18)19/h2-5,8,11,17H,6-7H2,1H3,(H,18,19)(H2,15,16,20)/t8?,11-/m0/s1. The zero-order valence-corrected chi connectivity index (χ0v) is 11.0. The zero-order valence-electron chi connectivity index (χ0n) is 11.0. The minimum Gasteiger partial charge on any atom is -0.479 e. The maximum absolute atomic E-state index is 13.5. The van der Waals surface area contributed by atoms with E-state index in [2.05, 4.69) is 10.6 Å². The number of aliphatic carboxylic acids is 1. The van der Waals surface area contributed by atoms with Crippen LogP contribution in [-0.4, -0.2) is 34.9 Å². The van der Waals surface area contributed by atoms with Crippen molar-refractivity contribution in [2.24, 2.45) is 0 Å². The Labute approximate surface area is 115 Å². The lowest BCUT2D eigenvalue weighted by molar-refractivity contribution is -0.146. The van der Waals surface area contributed by atoms with Crippen LogP contribution in [0.4, 0.5) is 9.18 Å². The Kier molecular flexibility index (Phi) is 5.92. The van der Waals surface area contributed by atoms with Crippen LogP contribution in [0.15, 0.2) is 24.3 Å². The number of urea groups is 1. The van der Waals surface area contributed by atoms with Crippen molar-refractivity contribution >= 4 is 12.0 Å². The molecule has 0 bridgehead atoms. The van der Waals surface area contributed by atoms with Crippen molar-refractivity contribution < 1.29 is 24.2 Å². The maximum atomic E-state index is 13.5. The largest absolute Gasteiger partial charge is 0.479 e. The topological polar surface area (TPSA) is 98.7 Å². The van der Waals surface area contributed by atoms with E-state index in [0.717, 1.165) is 0 Å². The molecule has 0 aliphatic rings. The molecule has 0 saturated carbocycles. The van der Waals surface area contributed by atoms with Crippen molar-refractivity contribution in [1.29, 1.82) is 0 Å². The van der Waals surface area contributed by atoms with Crippen LogP contribution in [0.25, 0.3) is 0 Å². The fraction of sp³-hybridized carbons (Fsp3) is 0.385. The molecule has 1 aromatic carbocycles. The lowest BCUT2D eigenvalue weighted by Gasteiger charge is -2.16. The highest BCUT2D eigenvalue weighted by Gasteiger charge is 2.15. The average molecular weight is 284 g/mol. The molecule has 20 heavy (non-hydrogen) atoms. The van der Waals surface area contributed by atoms with Gasteiger partial charge in [0.1, 0.15) is 5.82 Å². The van der Waals surface area contributed by atoms with Gasteiger partial charge in [0.25, 0.3) is 0 Å². The molecule has 0 aliphatic carbocycles. The number of benzene rings is 1. The molecular weight excluding hydrogens is 267 g/mol. The fourth-order valence-electron chi connectivity index (χ4n) is 1.60. The van der Waals surface area contributed by atoms with Crippen molar-refractivity contribution in [2.75, 3.05) is 6.54 Å². The Bertz CT molecular complexity index is 481. The number of hydrogen-bond acceptors (Lipinski definition) is 3. The highest BCUT2D eigenvalue weighted by molar-refractivity contribution is 5.75. The number of aliphatic hydroxyl groups is 1. The van der Waals surface area contributed by atoms with Crippen molar-refractivity contribution in [1.82, 2.24) is 10.6 Å². The fourth-order valence-corrected chi connectivity index (χ4v) is 1.60. The molecule has 110 valence electrons. The number of rotatable bonds is 6. The van der Waals surface area contributed by atoms with Gasteiger partial charge >= 0.3 is 12.0 Å². The van der Waals surface area contributed by atoms with E-state index in [9.17, 15) is 14.0 Å². The predicted molar refractivity (Wildman–Crippen MR) is 69.6 cm³/mol. The number of halogens is 1. The van der Waals surface area contributed by atoms with Gasteiger partial charge in [0.2, 0.25) is 0 Å². The van der Waals surface area contributed by atoms with E-state index in [1.165, 1.54) is 6.07 Å². The maximum Gasteiger partial charge on any atom is 0.332 e. The molecule has 0 aliphatic heterocycles. The van der Waals surface area contributed by atoms with Gasteiger partial charge in [-0.05, 0) is 13.0 Å². The molecule has 0 spiro atoms. The van der Waals surface area contributed by atoms with Crippen molar-refractivity contribution in [3.05, 3.63) is 35.6 Å². The van der Waals surface area contributed by atoms with Crippen LogP contribution < -0.4 is 10.6 Å². The van der Waals surface area contributed by atoms with Gasteiger partial charge in [0.15, 0.2) is 6.10 Å². The van der Waals surface area contributed by atoms with Crippen molar-refractivity contribution in [3.8, 4) is 0 Å². The van der Waals surface area contributed by atoms with Crippen LogP contribution in [0, 0.1) is 5.82 Å². The smallest absolute Gasteiger partial charge is 0.332 e. The summed E-state index contributed by atoms with van der Waals surface area (Å²) in [6, 6.07) is 5.00. The minimum atomic E-state index is -1.51. The van der Waals surface area contributed by atoms with Gasteiger partial charge in [-0.1, -0.05) is 18.2 Å². The van der Waals surface area contributed by atoms with E-state index in [4.69, 9.17) is 10.2 Å². The first kappa shape index (κ1) is 15.9. The molecule has 2 amide bonds. The van der Waals surface area contributed by atoms with Crippen LogP contribution >= 0.6 is 0 Å². The summed E-state index contributed by atoms with van der Waals surface area (Å²) in [5, 5.41) is 22.4. The summed E-state index contributed by atoms with van der Waals surface area (Å²) in [6.07, 6.45) is -1.61. The summed E-state index contributed by atoms with van der Waals surface area (Å²) < 4.78 is 13.5. The van der Waals surface area contributed by atoms with Gasteiger partial charge in [-0.25, -0.2) is 14.0 Å². The molecule has 0 saturated heterocycles. The summed E-state index contributed by atoms with van der Waals surface area (Å²) >= 11 is 0. The van der Waals surface area contributed by atoms with Crippen molar-refractivity contribution in [3.63, 3.8) is 0 Å². The minimum absolute atomic E-state index is 0.00327. The summed E-state index contributed by atoms with van der Waals surface area (Å²) in [5.74, 6) is -1.76. The Balaban J connectivity index is 2.39. The number of amides is 2. The second-order valence-corrected chi connectivity index (χ2v) is 4.29. The Hall–Kier alpha value is -2.15. The zero-order chi connectivity index (χ0) is 15.1. The van der Waals surface area contributed by atoms with Gasteiger partial charge in [-0.3, -0.25) is 0 Å². The summed E-state index contributed by atoms with van der Waals surface area (Å²) in [7, 11) is 0. The molecule has 7 heteroatoms. The van der Waals surface area contributed by atoms with E-state index in [1.54, 1.807) is 25.1 Å². The molecule has 6 nitrogen and oxygen atoms in total. The number of carbonyl (C=O) groups is 2. The lowest BCUT2D eigenvalue weighted by Crippen LogP contribution is -2.39. The highest BCUT2D eigenvalue weighted by Crippen LogP contribution is 2.15. The van der Waals surface area contributed by atoms with Crippen LogP contribution in [0.2, 0.25) is 0 Å². The monoisotopic (exact) mass is 284 g/mol. The predicted octanol–water partition coefficient (Wildman–Crippen LogP) is 1.02. The van der Waals surface area contributed by atoms with E-state index in [1.807, 2.05) is 0 Å². The molecule has 1 aromatic rings. The number of aliphatic hydroxyl groups excluding tert-OH is 1. The first-order chi connectivity index (χ1) is 9.41. The molecular formula is C13H17FN2O4. The Morgan fingerprint density at radius 3 is 2.60 bits per heavy atom.